The number of aromatic amines is 1. The van der Waals surface area contributed by atoms with Crippen LogP contribution in [0.15, 0.2) is 65.3 Å². The Kier molecular flexibility index (Phi) is 2.84. The summed E-state index contributed by atoms with van der Waals surface area (Å²) in [6.45, 7) is 0. The molecule has 3 heterocycles. The van der Waals surface area contributed by atoms with Gasteiger partial charge in [-0.2, -0.15) is 0 Å². The molecular formula is C19H11N3O3. The fourth-order valence-electron chi connectivity index (χ4n) is 2.85. The highest BCUT2D eigenvalue weighted by Crippen LogP contribution is 2.26. The zero-order chi connectivity index (χ0) is 16.8. The number of furan rings is 1. The van der Waals surface area contributed by atoms with E-state index in [1.807, 2.05) is 24.3 Å². The molecule has 1 N–H and O–H groups in total. The minimum Gasteiger partial charge on any atom is -0.457 e. The van der Waals surface area contributed by atoms with Crippen LogP contribution in [0, 0.1) is 0 Å². The van der Waals surface area contributed by atoms with Crippen LogP contribution in [-0.2, 0) is 0 Å². The second kappa shape index (κ2) is 5.17. The van der Waals surface area contributed by atoms with Crippen LogP contribution in [0.5, 0.6) is 5.75 Å². The molecule has 0 spiro atoms. The lowest BCUT2D eigenvalue weighted by atomic mass is 10.2. The second-order valence-electron chi connectivity index (χ2n) is 5.61. The molecule has 0 unspecified atom stereocenters. The average molecular weight is 329 g/mol. The van der Waals surface area contributed by atoms with Crippen molar-refractivity contribution in [2.75, 3.05) is 0 Å². The number of carbonyl (C=O) groups excluding carboxylic acids is 1. The van der Waals surface area contributed by atoms with E-state index in [9.17, 15) is 4.79 Å². The van der Waals surface area contributed by atoms with Gasteiger partial charge in [-0.05, 0) is 30.3 Å². The molecule has 3 aromatic heterocycles. The molecule has 0 radical (unpaired) electrons. The molecular weight excluding hydrogens is 318 g/mol. The van der Waals surface area contributed by atoms with Gasteiger partial charge in [-0.15, -0.1) is 0 Å². The van der Waals surface area contributed by atoms with Crippen LogP contribution in [0.4, 0.5) is 0 Å². The summed E-state index contributed by atoms with van der Waals surface area (Å²) in [4.78, 5) is 24.6. The number of H-pyrrole nitrogens is 1. The number of hydrogen-bond donors (Lipinski definition) is 1. The van der Waals surface area contributed by atoms with E-state index in [1.54, 1.807) is 30.3 Å². The fraction of sp³-hybridized carbons (Fsp3) is 0. The molecule has 0 aliphatic carbocycles. The average Bonchev–Trinajstić information content (AvgIpc) is 3.27. The Hall–Kier alpha value is -3.67. The molecule has 25 heavy (non-hydrogen) atoms. The lowest BCUT2D eigenvalue weighted by Gasteiger charge is -2.03. The number of nitrogens with zero attached hydrogens (tertiary/aromatic N) is 2. The summed E-state index contributed by atoms with van der Waals surface area (Å²) < 4.78 is 10.4. The molecule has 0 saturated heterocycles. The number of aromatic nitrogens is 3. The molecule has 0 fully saturated rings. The Bertz CT molecular complexity index is 1240. The topological polar surface area (TPSA) is 81.0 Å². The maximum absolute atomic E-state index is 12.0. The first kappa shape index (κ1) is 13.7. The molecule has 2 aromatic carbocycles. The number of hydrogen-bond acceptors (Lipinski definition) is 5. The van der Waals surface area contributed by atoms with Gasteiger partial charge in [0.15, 0.2) is 5.65 Å². The Balaban J connectivity index is 1.62. The first-order valence-electron chi connectivity index (χ1n) is 7.72. The summed E-state index contributed by atoms with van der Waals surface area (Å²) in [5.74, 6) is -0.00821. The van der Waals surface area contributed by atoms with Gasteiger partial charge in [0.1, 0.15) is 11.3 Å². The number of para-hydroxylation sites is 1. The predicted octanol–water partition coefficient (Wildman–Crippen LogP) is 4.08. The first-order chi connectivity index (χ1) is 12.3. The molecule has 6 heteroatoms. The van der Waals surface area contributed by atoms with Crippen LogP contribution in [0.25, 0.3) is 33.1 Å². The van der Waals surface area contributed by atoms with E-state index < -0.39 is 5.97 Å². The molecule has 5 aromatic rings. The molecule has 120 valence electrons. The van der Waals surface area contributed by atoms with Crippen molar-refractivity contribution in [3.8, 4) is 5.75 Å². The van der Waals surface area contributed by atoms with E-state index in [-0.39, 0.29) is 5.76 Å². The Labute approximate surface area is 141 Å². The van der Waals surface area contributed by atoms with Crippen LogP contribution in [0.1, 0.15) is 10.6 Å². The third-order valence-corrected chi connectivity index (χ3v) is 4.00. The monoisotopic (exact) mass is 329 g/mol. The molecule has 5 rings (SSSR count). The highest BCUT2D eigenvalue weighted by Gasteiger charge is 2.13. The third kappa shape index (κ3) is 2.23. The minimum atomic E-state index is -0.550. The SMILES string of the molecule is O=C(Oc1ccc2nc3[nH]c4ccccc4c3nc2c1)c1ccco1. The number of nitrogens with one attached hydrogen (secondary N) is 1. The molecule has 0 aliphatic heterocycles. The van der Waals surface area contributed by atoms with E-state index in [4.69, 9.17) is 9.15 Å². The Morgan fingerprint density at radius 2 is 1.92 bits per heavy atom. The molecule has 6 nitrogen and oxygen atoms in total. The predicted molar refractivity (Wildman–Crippen MR) is 92.6 cm³/mol. The summed E-state index contributed by atoms with van der Waals surface area (Å²) in [6.07, 6.45) is 1.43. The van der Waals surface area contributed by atoms with Crippen molar-refractivity contribution in [1.29, 1.82) is 0 Å². The van der Waals surface area contributed by atoms with Crippen molar-refractivity contribution in [1.82, 2.24) is 15.0 Å². The zero-order valence-electron chi connectivity index (χ0n) is 12.9. The zero-order valence-corrected chi connectivity index (χ0v) is 12.9. The van der Waals surface area contributed by atoms with E-state index >= 15 is 0 Å². The Morgan fingerprint density at radius 3 is 2.80 bits per heavy atom. The molecule has 0 bridgehead atoms. The highest BCUT2D eigenvalue weighted by molar-refractivity contribution is 6.05. The normalized spacial score (nSPS) is 11.4. The summed E-state index contributed by atoms with van der Waals surface area (Å²) in [7, 11) is 0. The van der Waals surface area contributed by atoms with Crippen molar-refractivity contribution < 1.29 is 13.9 Å². The molecule has 0 aliphatic rings. The third-order valence-electron chi connectivity index (χ3n) is 4.00. The van der Waals surface area contributed by atoms with E-state index in [0.29, 0.717) is 11.3 Å². The number of rotatable bonds is 2. The van der Waals surface area contributed by atoms with Crippen molar-refractivity contribution >= 4 is 39.1 Å². The molecule has 0 amide bonds. The number of fused-ring (bicyclic) bond motifs is 4. The van der Waals surface area contributed by atoms with Crippen LogP contribution in [0.2, 0.25) is 0 Å². The lowest BCUT2D eigenvalue weighted by molar-refractivity contribution is 0.0701. The van der Waals surface area contributed by atoms with Crippen molar-refractivity contribution in [3.05, 3.63) is 66.6 Å². The molecule has 0 saturated carbocycles. The smallest absolute Gasteiger partial charge is 0.379 e. The largest absolute Gasteiger partial charge is 0.457 e. The molecule has 0 atom stereocenters. The highest BCUT2D eigenvalue weighted by atomic mass is 16.5. The first-order valence-corrected chi connectivity index (χ1v) is 7.72. The van der Waals surface area contributed by atoms with Gasteiger partial charge in [0.05, 0.1) is 17.3 Å². The van der Waals surface area contributed by atoms with Gasteiger partial charge >= 0.3 is 5.97 Å². The lowest BCUT2D eigenvalue weighted by Crippen LogP contribution is -2.07. The number of carbonyl (C=O) groups is 1. The summed E-state index contributed by atoms with van der Waals surface area (Å²) in [5, 5.41) is 1.00. The van der Waals surface area contributed by atoms with Gasteiger partial charge in [-0.25, -0.2) is 14.8 Å². The number of benzene rings is 2. The van der Waals surface area contributed by atoms with Gasteiger partial charge in [-0.3, -0.25) is 0 Å². The maximum atomic E-state index is 12.0. The fourth-order valence-corrected chi connectivity index (χ4v) is 2.85. The van der Waals surface area contributed by atoms with Gasteiger partial charge in [0, 0.05) is 17.0 Å². The van der Waals surface area contributed by atoms with E-state index in [2.05, 4.69) is 15.0 Å². The van der Waals surface area contributed by atoms with Crippen molar-refractivity contribution in [2.45, 2.75) is 0 Å². The standard InChI is InChI=1S/C19H11N3O3/c23-19(16-6-3-9-24-16)25-11-7-8-14-15(10-11)20-17-12-4-1-2-5-13(12)21-18(17)22-14/h1-10H,(H,21,22). The van der Waals surface area contributed by atoms with Crippen molar-refractivity contribution in [3.63, 3.8) is 0 Å². The Morgan fingerprint density at radius 1 is 1.00 bits per heavy atom. The van der Waals surface area contributed by atoms with Crippen LogP contribution < -0.4 is 4.74 Å². The maximum Gasteiger partial charge on any atom is 0.379 e. The van der Waals surface area contributed by atoms with Gasteiger partial charge in [0.2, 0.25) is 5.76 Å². The quantitative estimate of drug-likeness (QED) is 0.390. The van der Waals surface area contributed by atoms with Gasteiger partial charge in [0.25, 0.3) is 0 Å². The van der Waals surface area contributed by atoms with Crippen LogP contribution in [-0.4, -0.2) is 20.9 Å². The second-order valence-corrected chi connectivity index (χ2v) is 5.61. The summed E-state index contributed by atoms with van der Waals surface area (Å²) in [5.41, 5.74) is 3.88. The van der Waals surface area contributed by atoms with E-state index in [0.717, 1.165) is 27.6 Å². The number of esters is 1. The van der Waals surface area contributed by atoms with Crippen molar-refractivity contribution in [2.24, 2.45) is 0 Å². The van der Waals surface area contributed by atoms with E-state index in [1.165, 1.54) is 6.26 Å². The van der Waals surface area contributed by atoms with Crippen LogP contribution >= 0.6 is 0 Å². The van der Waals surface area contributed by atoms with Gasteiger partial charge < -0.3 is 14.1 Å². The minimum absolute atomic E-state index is 0.151. The summed E-state index contributed by atoms with van der Waals surface area (Å²) in [6, 6.07) is 16.3. The van der Waals surface area contributed by atoms with Gasteiger partial charge in [-0.1, -0.05) is 18.2 Å². The van der Waals surface area contributed by atoms with Crippen LogP contribution in [0.3, 0.4) is 0 Å². The summed E-state index contributed by atoms with van der Waals surface area (Å²) >= 11 is 0. The number of ether oxygens (including phenoxy) is 1.